The van der Waals surface area contributed by atoms with Crippen LogP contribution in [0.15, 0.2) is 22.7 Å². The van der Waals surface area contributed by atoms with Gasteiger partial charge in [-0.3, -0.25) is 0 Å². The molecule has 0 aliphatic rings. The zero-order valence-electron chi connectivity index (χ0n) is 10.9. The summed E-state index contributed by atoms with van der Waals surface area (Å²) in [6, 6.07) is 4.39. The number of aryl methyl sites for hydroxylation is 1. The van der Waals surface area contributed by atoms with E-state index < -0.39 is 0 Å². The van der Waals surface area contributed by atoms with Gasteiger partial charge in [-0.25, -0.2) is 0 Å². The molecule has 0 aliphatic carbocycles. The zero-order valence-corrected chi connectivity index (χ0v) is 10.9. The molecule has 1 heterocycles. The molecule has 0 amide bonds. The standard InChI is InChI=1S/C13H17N3O3/c1-8(11-7-10(17)3-4-12(11)18)14-6-5-13-15-9(2)19-16-13/h3-4,7-8,14,17-18H,5-6H2,1-2H3. The maximum atomic E-state index is 9.73. The predicted octanol–water partition coefficient (Wildman–Crippen LogP) is 1.68. The van der Waals surface area contributed by atoms with Crippen LogP contribution in [0.25, 0.3) is 0 Å². The highest BCUT2D eigenvalue weighted by Crippen LogP contribution is 2.27. The van der Waals surface area contributed by atoms with Gasteiger partial charge in [0.25, 0.3) is 0 Å². The summed E-state index contributed by atoms with van der Waals surface area (Å²) in [6.07, 6.45) is 0.640. The number of benzene rings is 1. The summed E-state index contributed by atoms with van der Waals surface area (Å²) in [5.74, 6) is 1.49. The second kappa shape index (κ2) is 5.71. The monoisotopic (exact) mass is 263 g/mol. The van der Waals surface area contributed by atoms with Crippen molar-refractivity contribution < 1.29 is 14.7 Å². The first-order valence-corrected chi connectivity index (χ1v) is 6.10. The van der Waals surface area contributed by atoms with Gasteiger partial charge < -0.3 is 20.1 Å². The molecule has 19 heavy (non-hydrogen) atoms. The predicted molar refractivity (Wildman–Crippen MR) is 68.9 cm³/mol. The molecular formula is C13H17N3O3. The van der Waals surface area contributed by atoms with Crippen LogP contribution in [-0.4, -0.2) is 26.9 Å². The molecule has 0 spiro atoms. The molecule has 0 aliphatic heterocycles. The highest BCUT2D eigenvalue weighted by atomic mass is 16.5. The molecule has 1 aromatic carbocycles. The van der Waals surface area contributed by atoms with Crippen LogP contribution in [0, 0.1) is 6.92 Å². The fourth-order valence-electron chi connectivity index (χ4n) is 1.84. The Balaban J connectivity index is 1.90. The van der Waals surface area contributed by atoms with Crippen molar-refractivity contribution in [2.45, 2.75) is 26.3 Å². The minimum absolute atomic E-state index is 0.0832. The van der Waals surface area contributed by atoms with Crippen LogP contribution < -0.4 is 5.32 Å². The molecule has 6 nitrogen and oxygen atoms in total. The van der Waals surface area contributed by atoms with Gasteiger partial charge in [-0.1, -0.05) is 5.16 Å². The summed E-state index contributed by atoms with van der Waals surface area (Å²) < 4.78 is 4.88. The molecule has 0 saturated carbocycles. The lowest BCUT2D eigenvalue weighted by molar-refractivity contribution is 0.386. The van der Waals surface area contributed by atoms with Gasteiger partial charge in [-0.2, -0.15) is 4.98 Å². The lowest BCUT2D eigenvalue weighted by Crippen LogP contribution is -2.21. The topological polar surface area (TPSA) is 91.4 Å². The third-order valence-corrected chi connectivity index (χ3v) is 2.85. The summed E-state index contributed by atoms with van der Waals surface area (Å²) in [7, 11) is 0. The first kappa shape index (κ1) is 13.4. The van der Waals surface area contributed by atoms with Crippen molar-refractivity contribution in [3.05, 3.63) is 35.5 Å². The third kappa shape index (κ3) is 3.45. The molecule has 3 N–H and O–H groups in total. The average Bonchev–Trinajstić information content (AvgIpc) is 2.78. The van der Waals surface area contributed by atoms with E-state index in [2.05, 4.69) is 15.5 Å². The highest BCUT2D eigenvalue weighted by Gasteiger charge is 2.11. The lowest BCUT2D eigenvalue weighted by Gasteiger charge is -2.15. The van der Waals surface area contributed by atoms with Crippen molar-refractivity contribution in [3.8, 4) is 11.5 Å². The van der Waals surface area contributed by atoms with Gasteiger partial charge in [0, 0.05) is 31.5 Å². The largest absolute Gasteiger partial charge is 0.508 e. The van der Waals surface area contributed by atoms with Crippen molar-refractivity contribution >= 4 is 0 Å². The van der Waals surface area contributed by atoms with Crippen LogP contribution in [-0.2, 0) is 6.42 Å². The zero-order chi connectivity index (χ0) is 13.8. The van der Waals surface area contributed by atoms with Crippen LogP contribution in [0.3, 0.4) is 0 Å². The number of hydrogen-bond donors (Lipinski definition) is 3. The van der Waals surface area contributed by atoms with E-state index in [9.17, 15) is 10.2 Å². The van der Waals surface area contributed by atoms with E-state index in [1.165, 1.54) is 12.1 Å². The van der Waals surface area contributed by atoms with Crippen molar-refractivity contribution in [3.63, 3.8) is 0 Å². The normalized spacial score (nSPS) is 12.5. The quantitative estimate of drug-likeness (QED) is 0.711. The number of aromatic hydroxyl groups is 2. The Morgan fingerprint density at radius 3 is 2.84 bits per heavy atom. The Hall–Kier alpha value is -2.08. The van der Waals surface area contributed by atoms with Gasteiger partial charge in [0.15, 0.2) is 5.82 Å². The van der Waals surface area contributed by atoms with Crippen LogP contribution in [0.4, 0.5) is 0 Å². The molecule has 1 aromatic heterocycles. The molecule has 6 heteroatoms. The van der Waals surface area contributed by atoms with Gasteiger partial charge >= 0.3 is 0 Å². The van der Waals surface area contributed by atoms with Crippen molar-refractivity contribution in [1.29, 1.82) is 0 Å². The van der Waals surface area contributed by atoms with Gasteiger partial charge in [0.05, 0.1) is 0 Å². The maximum absolute atomic E-state index is 9.73. The number of phenols is 2. The number of nitrogens with zero attached hydrogens (tertiary/aromatic N) is 2. The number of hydrogen-bond acceptors (Lipinski definition) is 6. The Bertz CT molecular complexity index is 554. The smallest absolute Gasteiger partial charge is 0.223 e. The van der Waals surface area contributed by atoms with E-state index in [0.29, 0.717) is 30.2 Å². The van der Waals surface area contributed by atoms with Gasteiger partial charge in [-0.15, -0.1) is 0 Å². The summed E-state index contributed by atoms with van der Waals surface area (Å²) in [6.45, 7) is 4.31. The van der Waals surface area contributed by atoms with Crippen molar-refractivity contribution in [2.24, 2.45) is 0 Å². The third-order valence-electron chi connectivity index (χ3n) is 2.85. The average molecular weight is 263 g/mol. The Kier molecular flexibility index (Phi) is 4.01. The fourth-order valence-corrected chi connectivity index (χ4v) is 1.84. The highest BCUT2D eigenvalue weighted by molar-refractivity contribution is 5.40. The molecule has 2 rings (SSSR count). The van der Waals surface area contributed by atoms with Crippen molar-refractivity contribution in [1.82, 2.24) is 15.5 Å². The molecule has 0 saturated heterocycles. The van der Waals surface area contributed by atoms with E-state index >= 15 is 0 Å². The van der Waals surface area contributed by atoms with Gasteiger partial charge in [0.2, 0.25) is 5.89 Å². The molecule has 0 radical (unpaired) electrons. The summed E-state index contributed by atoms with van der Waals surface area (Å²) in [5.41, 5.74) is 0.657. The molecule has 1 atom stereocenters. The fraction of sp³-hybridized carbons (Fsp3) is 0.385. The minimum Gasteiger partial charge on any atom is -0.508 e. The molecule has 2 aromatic rings. The van der Waals surface area contributed by atoms with Crippen LogP contribution in [0.2, 0.25) is 0 Å². The molecule has 0 fully saturated rings. The van der Waals surface area contributed by atoms with Gasteiger partial charge in [0.1, 0.15) is 11.5 Å². The number of aromatic nitrogens is 2. The van der Waals surface area contributed by atoms with E-state index in [1.54, 1.807) is 13.0 Å². The van der Waals surface area contributed by atoms with Crippen LogP contribution in [0.5, 0.6) is 11.5 Å². The SMILES string of the molecule is Cc1nc(CCNC(C)c2cc(O)ccc2O)no1. The van der Waals surface area contributed by atoms with Crippen LogP contribution in [0.1, 0.15) is 30.2 Å². The van der Waals surface area contributed by atoms with E-state index in [-0.39, 0.29) is 17.5 Å². The summed E-state index contributed by atoms with van der Waals surface area (Å²) >= 11 is 0. The first-order valence-electron chi connectivity index (χ1n) is 6.10. The van der Waals surface area contributed by atoms with Crippen LogP contribution >= 0.6 is 0 Å². The van der Waals surface area contributed by atoms with Gasteiger partial charge in [-0.05, 0) is 25.1 Å². The minimum atomic E-state index is -0.0832. The second-order valence-corrected chi connectivity index (χ2v) is 4.40. The molecule has 1 unspecified atom stereocenters. The second-order valence-electron chi connectivity index (χ2n) is 4.40. The van der Waals surface area contributed by atoms with E-state index in [0.717, 1.165) is 0 Å². The Morgan fingerprint density at radius 2 is 2.16 bits per heavy atom. The summed E-state index contributed by atoms with van der Waals surface area (Å²) in [4.78, 5) is 4.10. The molecule has 0 bridgehead atoms. The van der Waals surface area contributed by atoms with E-state index in [1.807, 2.05) is 6.92 Å². The maximum Gasteiger partial charge on any atom is 0.223 e. The van der Waals surface area contributed by atoms with Crippen molar-refractivity contribution in [2.75, 3.05) is 6.54 Å². The Morgan fingerprint density at radius 1 is 1.37 bits per heavy atom. The van der Waals surface area contributed by atoms with E-state index in [4.69, 9.17) is 4.52 Å². The first-order chi connectivity index (χ1) is 9.06. The Labute approximate surface area is 111 Å². The number of nitrogens with one attached hydrogen (secondary N) is 1. The summed E-state index contributed by atoms with van der Waals surface area (Å²) in [5, 5.41) is 26.2. The number of phenolic OH excluding ortho intramolecular Hbond substituents is 2. The molecule has 102 valence electrons. The number of rotatable bonds is 5. The lowest BCUT2D eigenvalue weighted by atomic mass is 10.1. The molecular weight excluding hydrogens is 246 g/mol.